The van der Waals surface area contributed by atoms with Gasteiger partial charge in [-0.3, -0.25) is 4.79 Å². The fourth-order valence-electron chi connectivity index (χ4n) is 3.58. The van der Waals surface area contributed by atoms with E-state index in [0.717, 1.165) is 23.1 Å². The maximum absolute atomic E-state index is 13.1. The number of para-hydroxylation sites is 1. The number of rotatable bonds is 7. The molecule has 5 heteroatoms. The molecule has 0 saturated carbocycles. The van der Waals surface area contributed by atoms with Crippen LogP contribution in [0.25, 0.3) is 10.9 Å². The van der Waals surface area contributed by atoms with Crippen molar-refractivity contribution < 1.29 is 4.79 Å². The molecule has 1 atom stereocenters. The molecule has 1 amide bonds. The second-order valence-electron chi connectivity index (χ2n) is 7.36. The van der Waals surface area contributed by atoms with Crippen LogP contribution in [0.2, 0.25) is 5.02 Å². The van der Waals surface area contributed by atoms with Gasteiger partial charge in [0.1, 0.15) is 6.04 Å². The highest BCUT2D eigenvalue weighted by Crippen LogP contribution is 2.22. The van der Waals surface area contributed by atoms with Crippen LogP contribution in [0.1, 0.15) is 22.7 Å². The number of nitrogens with one attached hydrogen (secondary N) is 3. The molecule has 0 aliphatic carbocycles. The third-order valence-electron chi connectivity index (χ3n) is 5.25. The number of aromatic amines is 1. The Morgan fingerprint density at radius 3 is 2.60 bits per heavy atom. The summed E-state index contributed by atoms with van der Waals surface area (Å²) in [6.07, 6.45) is 2.86. The number of amides is 1. The summed E-state index contributed by atoms with van der Waals surface area (Å²) in [4.78, 5) is 16.4. The van der Waals surface area contributed by atoms with Gasteiger partial charge >= 0.3 is 0 Å². The van der Waals surface area contributed by atoms with Crippen molar-refractivity contribution in [2.75, 3.05) is 11.9 Å². The molecule has 3 aromatic carbocycles. The lowest BCUT2D eigenvalue weighted by Crippen LogP contribution is -2.34. The van der Waals surface area contributed by atoms with Gasteiger partial charge in [0.25, 0.3) is 0 Å². The second kappa shape index (κ2) is 9.16. The van der Waals surface area contributed by atoms with Crippen molar-refractivity contribution >= 4 is 34.1 Å². The van der Waals surface area contributed by atoms with Gasteiger partial charge in [0, 0.05) is 34.4 Å². The van der Waals surface area contributed by atoms with Crippen molar-refractivity contribution in [1.29, 1.82) is 0 Å². The van der Waals surface area contributed by atoms with Gasteiger partial charge in [-0.25, -0.2) is 0 Å². The fourth-order valence-corrected chi connectivity index (χ4v) is 3.76. The van der Waals surface area contributed by atoms with Crippen LogP contribution in [-0.2, 0) is 11.2 Å². The highest BCUT2D eigenvalue weighted by molar-refractivity contribution is 6.31. The minimum atomic E-state index is -0.462. The number of hydrogen-bond acceptors (Lipinski definition) is 2. The Balaban J connectivity index is 1.48. The van der Waals surface area contributed by atoms with Gasteiger partial charge in [0.15, 0.2) is 0 Å². The third kappa shape index (κ3) is 4.56. The first-order valence-corrected chi connectivity index (χ1v) is 10.4. The Morgan fingerprint density at radius 1 is 1.03 bits per heavy atom. The first-order valence-electron chi connectivity index (χ1n) is 10.0. The molecule has 152 valence electrons. The van der Waals surface area contributed by atoms with E-state index in [4.69, 9.17) is 11.6 Å². The monoisotopic (exact) mass is 417 g/mol. The largest absolute Gasteiger partial charge is 0.361 e. The number of halogens is 1. The van der Waals surface area contributed by atoms with Crippen LogP contribution in [0.15, 0.2) is 79.0 Å². The molecule has 3 N–H and O–H groups in total. The molecular weight excluding hydrogens is 394 g/mol. The molecule has 0 spiro atoms. The summed E-state index contributed by atoms with van der Waals surface area (Å²) in [6, 6.07) is 23.1. The zero-order valence-electron chi connectivity index (χ0n) is 16.8. The molecular formula is C25H24ClN3O. The van der Waals surface area contributed by atoms with E-state index in [1.54, 1.807) is 6.07 Å². The number of benzene rings is 3. The summed E-state index contributed by atoms with van der Waals surface area (Å²) in [5.74, 6) is -0.111. The smallest absolute Gasteiger partial charge is 0.246 e. The Hall–Kier alpha value is -3.08. The van der Waals surface area contributed by atoms with E-state index < -0.39 is 6.04 Å². The molecule has 1 aromatic heterocycles. The van der Waals surface area contributed by atoms with E-state index in [-0.39, 0.29) is 5.91 Å². The number of hydrogen-bond donors (Lipinski definition) is 3. The van der Waals surface area contributed by atoms with Crippen molar-refractivity contribution in [3.63, 3.8) is 0 Å². The first kappa shape index (κ1) is 20.2. The number of aromatic nitrogens is 1. The van der Waals surface area contributed by atoms with Crippen molar-refractivity contribution in [2.24, 2.45) is 0 Å². The Labute approximate surface area is 181 Å². The van der Waals surface area contributed by atoms with E-state index in [2.05, 4.69) is 27.8 Å². The van der Waals surface area contributed by atoms with E-state index in [0.29, 0.717) is 17.3 Å². The molecule has 0 bridgehead atoms. The van der Waals surface area contributed by atoms with Crippen molar-refractivity contribution in [2.45, 2.75) is 19.4 Å². The zero-order chi connectivity index (χ0) is 20.9. The normalized spacial score (nSPS) is 12.1. The lowest BCUT2D eigenvalue weighted by molar-refractivity contribution is -0.118. The standard InChI is InChI=1S/C25H24ClN3O/c1-17-11-12-20(15-22(17)26)29-25(30)24(18-7-3-2-4-8-18)27-14-13-19-16-28-23-10-6-5-9-21(19)23/h2-12,15-16,24,27-28H,13-14H2,1H3,(H,29,30)/t24-/m1/s1. The molecule has 4 rings (SSSR count). The van der Waals surface area contributed by atoms with Gasteiger partial charge in [-0.05, 0) is 48.2 Å². The summed E-state index contributed by atoms with van der Waals surface area (Å²) in [7, 11) is 0. The fraction of sp³-hybridized carbons (Fsp3) is 0.160. The van der Waals surface area contributed by atoms with Crippen LogP contribution in [-0.4, -0.2) is 17.4 Å². The summed E-state index contributed by atoms with van der Waals surface area (Å²) < 4.78 is 0. The molecule has 0 aliphatic heterocycles. The maximum Gasteiger partial charge on any atom is 0.246 e. The maximum atomic E-state index is 13.1. The molecule has 0 unspecified atom stereocenters. The third-order valence-corrected chi connectivity index (χ3v) is 5.66. The van der Waals surface area contributed by atoms with Gasteiger partial charge in [-0.15, -0.1) is 0 Å². The van der Waals surface area contributed by atoms with E-state index >= 15 is 0 Å². The van der Waals surface area contributed by atoms with E-state index in [9.17, 15) is 4.79 Å². The van der Waals surface area contributed by atoms with Gasteiger partial charge in [-0.2, -0.15) is 0 Å². The molecule has 4 nitrogen and oxygen atoms in total. The van der Waals surface area contributed by atoms with Gasteiger partial charge < -0.3 is 15.6 Å². The highest BCUT2D eigenvalue weighted by Gasteiger charge is 2.20. The van der Waals surface area contributed by atoms with Crippen molar-refractivity contribution in [3.05, 3.63) is 101 Å². The molecule has 0 fully saturated rings. The van der Waals surface area contributed by atoms with E-state index in [1.807, 2.05) is 67.7 Å². The van der Waals surface area contributed by atoms with Crippen LogP contribution in [0, 0.1) is 6.92 Å². The number of carbonyl (C=O) groups is 1. The Bertz CT molecular complexity index is 1150. The van der Waals surface area contributed by atoms with Crippen LogP contribution in [0.5, 0.6) is 0 Å². The summed E-state index contributed by atoms with van der Waals surface area (Å²) >= 11 is 6.21. The number of fused-ring (bicyclic) bond motifs is 1. The summed E-state index contributed by atoms with van der Waals surface area (Å²) in [5.41, 5.74) is 4.95. The minimum Gasteiger partial charge on any atom is -0.361 e. The van der Waals surface area contributed by atoms with E-state index in [1.165, 1.54) is 10.9 Å². The molecule has 0 saturated heterocycles. The van der Waals surface area contributed by atoms with Gasteiger partial charge in [-0.1, -0.05) is 66.2 Å². The quantitative estimate of drug-likeness (QED) is 0.364. The van der Waals surface area contributed by atoms with Crippen LogP contribution < -0.4 is 10.6 Å². The molecule has 0 radical (unpaired) electrons. The first-order chi connectivity index (χ1) is 14.6. The average Bonchev–Trinajstić information content (AvgIpc) is 3.17. The van der Waals surface area contributed by atoms with Gasteiger partial charge in [0.05, 0.1) is 0 Å². The molecule has 4 aromatic rings. The number of aryl methyl sites for hydroxylation is 1. The zero-order valence-corrected chi connectivity index (χ0v) is 17.5. The SMILES string of the molecule is Cc1ccc(NC(=O)[C@H](NCCc2c[nH]c3ccccc23)c2ccccc2)cc1Cl. The predicted octanol–water partition coefficient (Wildman–Crippen LogP) is 5.64. The number of H-pyrrole nitrogens is 1. The molecule has 30 heavy (non-hydrogen) atoms. The van der Waals surface area contributed by atoms with Crippen molar-refractivity contribution in [3.8, 4) is 0 Å². The van der Waals surface area contributed by atoms with Gasteiger partial charge in [0.2, 0.25) is 5.91 Å². The average molecular weight is 418 g/mol. The molecule has 1 heterocycles. The Morgan fingerprint density at radius 2 is 1.80 bits per heavy atom. The molecule has 0 aliphatic rings. The topological polar surface area (TPSA) is 56.9 Å². The summed E-state index contributed by atoms with van der Waals surface area (Å²) in [6.45, 7) is 2.61. The van der Waals surface area contributed by atoms with Crippen molar-refractivity contribution in [1.82, 2.24) is 10.3 Å². The number of anilines is 1. The van der Waals surface area contributed by atoms with Crippen LogP contribution >= 0.6 is 11.6 Å². The Kier molecular flexibility index (Phi) is 6.17. The predicted molar refractivity (Wildman–Crippen MR) is 124 cm³/mol. The lowest BCUT2D eigenvalue weighted by Gasteiger charge is -2.19. The van der Waals surface area contributed by atoms with Crippen LogP contribution in [0.4, 0.5) is 5.69 Å². The lowest BCUT2D eigenvalue weighted by atomic mass is 10.0. The highest BCUT2D eigenvalue weighted by atomic mass is 35.5. The van der Waals surface area contributed by atoms with Crippen LogP contribution in [0.3, 0.4) is 0 Å². The second-order valence-corrected chi connectivity index (χ2v) is 7.77. The minimum absolute atomic E-state index is 0.111. The number of carbonyl (C=O) groups excluding carboxylic acids is 1. The summed E-state index contributed by atoms with van der Waals surface area (Å²) in [5, 5.41) is 8.27.